The molecule has 1 amide bonds. The Balaban J connectivity index is 1.95. The highest BCUT2D eigenvalue weighted by atomic mass is 32.2. The van der Waals surface area contributed by atoms with Crippen molar-refractivity contribution in [1.82, 2.24) is 9.80 Å². The summed E-state index contributed by atoms with van der Waals surface area (Å²) >= 11 is 1.90. The molecule has 4 heteroatoms. The summed E-state index contributed by atoms with van der Waals surface area (Å²) in [5, 5.41) is 0. The van der Waals surface area contributed by atoms with E-state index < -0.39 is 0 Å². The quantitative estimate of drug-likeness (QED) is 0.770. The second kappa shape index (κ2) is 5.80. The number of hydrogen-bond donors (Lipinski definition) is 0. The number of likely N-dealkylation sites (tertiary alicyclic amines) is 1. The van der Waals surface area contributed by atoms with E-state index in [2.05, 4.69) is 18.7 Å². The van der Waals surface area contributed by atoms with Crippen LogP contribution in [0.1, 0.15) is 39.5 Å². The summed E-state index contributed by atoms with van der Waals surface area (Å²) in [5.41, 5.74) is 1.39. The largest absolute Gasteiger partial charge is 0.355 e. The van der Waals surface area contributed by atoms with Crippen LogP contribution in [0.3, 0.4) is 0 Å². The lowest BCUT2D eigenvalue weighted by Gasteiger charge is -2.24. The molecule has 1 saturated heterocycles. The van der Waals surface area contributed by atoms with Gasteiger partial charge in [0.1, 0.15) is 0 Å². The van der Waals surface area contributed by atoms with Crippen molar-refractivity contribution < 1.29 is 4.79 Å². The Bertz CT molecular complexity index is 321. The fourth-order valence-corrected chi connectivity index (χ4v) is 3.79. The zero-order chi connectivity index (χ0) is 12.3. The van der Waals surface area contributed by atoms with Gasteiger partial charge in [-0.05, 0) is 25.7 Å². The minimum atomic E-state index is 0.311. The summed E-state index contributed by atoms with van der Waals surface area (Å²) in [6.07, 6.45) is 4.50. The first kappa shape index (κ1) is 12.8. The van der Waals surface area contributed by atoms with Crippen LogP contribution in [0, 0.1) is 0 Å². The van der Waals surface area contributed by atoms with Crippen LogP contribution in [-0.2, 0) is 4.79 Å². The first-order valence-corrected chi connectivity index (χ1v) is 7.62. The number of thioether (sulfide) groups is 1. The van der Waals surface area contributed by atoms with E-state index in [0.29, 0.717) is 12.5 Å². The second-order valence-corrected chi connectivity index (χ2v) is 5.68. The molecule has 0 aromatic carbocycles. The fraction of sp³-hybridized carbons (Fsp3) is 0.769. The Labute approximate surface area is 108 Å². The summed E-state index contributed by atoms with van der Waals surface area (Å²) in [5.74, 6) is 1.28. The predicted molar refractivity (Wildman–Crippen MR) is 72.6 cm³/mol. The van der Waals surface area contributed by atoms with Crippen molar-refractivity contribution in [1.29, 1.82) is 0 Å². The molecular weight excluding hydrogens is 232 g/mol. The van der Waals surface area contributed by atoms with Crippen LogP contribution in [0.2, 0.25) is 0 Å². The Kier molecular flexibility index (Phi) is 4.37. The van der Waals surface area contributed by atoms with E-state index in [4.69, 9.17) is 0 Å². The molecular formula is C13H22N2OS. The fourth-order valence-electron chi connectivity index (χ4n) is 2.59. The van der Waals surface area contributed by atoms with Gasteiger partial charge in [-0.2, -0.15) is 0 Å². The summed E-state index contributed by atoms with van der Waals surface area (Å²) in [6, 6.07) is 0. The minimum Gasteiger partial charge on any atom is -0.355 e. The average Bonchev–Trinajstić information content (AvgIpc) is 2.97. The molecule has 0 aliphatic carbocycles. The summed E-state index contributed by atoms with van der Waals surface area (Å²) in [6.45, 7) is 6.89. The Morgan fingerprint density at radius 1 is 1.24 bits per heavy atom. The third kappa shape index (κ3) is 2.79. The molecule has 0 atom stereocenters. The first-order valence-electron chi connectivity index (χ1n) is 6.63. The highest BCUT2D eigenvalue weighted by Crippen LogP contribution is 2.35. The maximum Gasteiger partial charge on any atom is 0.242 e. The molecule has 0 bridgehead atoms. The smallest absolute Gasteiger partial charge is 0.242 e. The number of rotatable bonds is 4. The van der Waals surface area contributed by atoms with E-state index in [-0.39, 0.29) is 0 Å². The van der Waals surface area contributed by atoms with E-state index in [9.17, 15) is 4.79 Å². The van der Waals surface area contributed by atoms with E-state index >= 15 is 0 Å². The third-order valence-electron chi connectivity index (χ3n) is 3.54. The Morgan fingerprint density at radius 2 is 1.94 bits per heavy atom. The van der Waals surface area contributed by atoms with Gasteiger partial charge in [-0.1, -0.05) is 13.8 Å². The van der Waals surface area contributed by atoms with Gasteiger partial charge in [0, 0.05) is 23.7 Å². The molecule has 17 heavy (non-hydrogen) atoms. The highest BCUT2D eigenvalue weighted by Gasteiger charge is 2.25. The number of amides is 1. The summed E-state index contributed by atoms with van der Waals surface area (Å²) in [4.78, 5) is 17.9. The molecule has 2 aliphatic heterocycles. The van der Waals surface area contributed by atoms with Crippen LogP contribution in [-0.4, -0.2) is 41.2 Å². The van der Waals surface area contributed by atoms with Crippen molar-refractivity contribution in [2.24, 2.45) is 0 Å². The second-order valence-electron chi connectivity index (χ2n) is 4.64. The van der Waals surface area contributed by atoms with E-state index in [1.165, 1.54) is 23.4 Å². The molecule has 3 nitrogen and oxygen atoms in total. The van der Waals surface area contributed by atoms with E-state index in [0.717, 1.165) is 31.8 Å². The number of hydrogen-bond acceptors (Lipinski definition) is 3. The van der Waals surface area contributed by atoms with Gasteiger partial charge < -0.3 is 9.80 Å². The molecule has 0 saturated carbocycles. The lowest BCUT2D eigenvalue weighted by molar-refractivity contribution is -0.130. The molecule has 0 radical (unpaired) electrons. The monoisotopic (exact) mass is 254 g/mol. The van der Waals surface area contributed by atoms with Crippen LogP contribution in [0.25, 0.3) is 0 Å². The zero-order valence-electron chi connectivity index (χ0n) is 10.9. The molecule has 0 spiro atoms. The lowest BCUT2D eigenvalue weighted by atomic mass is 10.2. The standard InChI is InChI=1S/C13H22N2OS/c1-3-11-12(4-2)17-10-15(11)9-13(16)14-7-5-6-8-14/h3-10H2,1-2H3. The van der Waals surface area contributed by atoms with E-state index in [1.54, 1.807) is 0 Å². The number of allylic oxidation sites excluding steroid dienone is 2. The lowest BCUT2D eigenvalue weighted by Crippen LogP contribution is -2.37. The predicted octanol–water partition coefficient (Wildman–Crippen LogP) is 2.65. The normalized spacial score (nSPS) is 20.6. The van der Waals surface area contributed by atoms with Crippen molar-refractivity contribution in [3.8, 4) is 0 Å². The minimum absolute atomic E-state index is 0.311. The van der Waals surface area contributed by atoms with Crippen LogP contribution < -0.4 is 0 Å². The Hall–Kier alpha value is -0.640. The molecule has 0 aromatic rings. The zero-order valence-corrected chi connectivity index (χ0v) is 11.7. The van der Waals surface area contributed by atoms with Crippen LogP contribution in [0.5, 0.6) is 0 Å². The topological polar surface area (TPSA) is 23.6 Å². The van der Waals surface area contributed by atoms with Gasteiger partial charge >= 0.3 is 0 Å². The van der Waals surface area contributed by atoms with Crippen molar-refractivity contribution in [3.63, 3.8) is 0 Å². The van der Waals surface area contributed by atoms with Gasteiger partial charge in [-0.3, -0.25) is 4.79 Å². The first-order chi connectivity index (χ1) is 8.26. The highest BCUT2D eigenvalue weighted by molar-refractivity contribution is 8.03. The maximum atomic E-state index is 12.1. The molecule has 0 aromatic heterocycles. The number of carbonyl (C=O) groups is 1. The maximum absolute atomic E-state index is 12.1. The average molecular weight is 254 g/mol. The summed E-state index contributed by atoms with van der Waals surface area (Å²) < 4.78 is 0. The molecule has 2 aliphatic rings. The van der Waals surface area contributed by atoms with Gasteiger partial charge in [0.25, 0.3) is 0 Å². The molecule has 0 unspecified atom stereocenters. The van der Waals surface area contributed by atoms with Crippen molar-refractivity contribution >= 4 is 17.7 Å². The number of nitrogens with zero attached hydrogens (tertiary/aromatic N) is 2. The Morgan fingerprint density at radius 3 is 2.53 bits per heavy atom. The van der Waals surface area contributed by atoms with Crippen LogP contribution in [0.15, 0.2) is 10.6 Å². The van der Waals surface area contributed by atoms with E-state index in [1.807, 2.05) is 16.7 Å². The third-order valence-corrected chi connectivity index (χ3v) is 4.85. The summed E-state index contributed by atoms with van der Waals surface area (Å²) in [7, 11) is 0. The molecule has 1 fully saturated rings. The van der Waals surface area contributed by atoms with Crippen molar-refractivity contribution in [2.45, 2.75) is 39.5 Å². The molecule has 2 heterocycles. The molecule has 96 valence electrons. The SMILES string of the molecule is CCC1=C(CC)N(CC(=O)N2CCCC2)CS1. The molecule has 0 N–H and O–H groups in total. The van der Waals surface area contributed by atoms with Gasteiger partial charge in [0.15, 0.2) is 0 Å². The molecule has 2 rings (SSSR count). The number of carbonyl (C=O) groups excluding carboxylic acids is 1. The van der Waals surface area contributed by atoms with Gasteiger partial charge in [0.2, 0.25) is 5.91 Å². The van der Waals surface area contributed by atoms with Gasteiger partial charge in [0.05, 0.1) is 12.4 Å². The van der Waals surface area contributed by atoms with Gasteiger partial charge in [-0.25, -0.2) is 0 Å². The van der Waals surface area contributed by atoms with Crippen molar-refractivity contribution in [2.75, 3.05) is 25.5 Å². The van der Waals surface area contributed by atoms with Crippen LogP contribution in [0.4, 0.5) is 0 Å². The van der Waals surface area contributed by atoms with Gasteiger partial charge in [-0.15, -0.1) is 11.8 Å². The van der Waals surface area contributed by atoms with Crippen LogP contribution >= 0.6 is 11.8 Å². The van der Waals surface area contributed by atoms with Crippen molar-refractivity contribution in [3.05, 3.63) is 10.6 Å².